The number of carbonyl (C=O) groups excluding carboxylic acids is 1. The number of carbonyl (C=O) groups is 2. The molecule has 4 nitrogen and oxygen atoms in total. The topological polar surface area (TPSA) is 57.6 Å². The van der Waals surface area contributed by atoms with Gasteiger partial charge in [-0.3, -0.25) is 9.59 Å². The summed E-state index contributed by atoms with van der Waals surface area (Å²) in [6, 6.07) is 4.56. The van der Waals surface area contributed by atoms with Gasteiger partial charge in [0.25, 0.3) is 0 Å². The maximum atomic E-state index is 12.3. The van der Waals surface area contributed by atoms with E-state index >= 15 is 0 Å². The summed E-state index contributed by atoms with van der Waals surface area (Å²) in [6.07, 6.45) is -0.211. The van der Waals surface area contributed by atoms with Gasteiger partial charge in [0.1, 0.15) is 0 Å². The molecular weight excluding hydrogens is 289 g/mol. The van der Waals surface area contributed by atoms with Gasteiger partial charge < -0.3 is 10.0 Å². The summed E-state index contributed by atoms with van der Waals surface area (Å²) in [6.45, 7) is 0.366. The monoisotopic (exact) mass is 303 g/mol. The van der Waals surface area contributed by atoms with Gasteiger partial charge >= 0.3 is 5.97 Å². The lowest BCUT2D eigenvalue weighted by Crippen LogP contribution is -2.30. The van der Waals surface area contributed by atoms with Crippen LogP contribution in [0.1, 0.15) is 16.8 Å². The lowest BCUT2D eigenvalue weighted by molar-refractivity contribution is -0.137. The Balaban J connectivity index is 2.97. The standard InChI is InChI=1S/C13H15Cl2NO3/c1-16(2)7-9(6-12(17)18)13(19)8-3-4-10(14)11(15)5-8/h3-5,9H,6-7H2,1-2H3,(H,17,18). The van der Waals surface area contributed by atoms with Crippen molar-refractivity contribution < 1.29 is 14.7 Å². The number of nitrogens with zero attached hydrogens (tertiary/aromatic N) is 1. The van der Waals surface area contributed by atoms with E-state index in [2.05, 4.69) is 0 Å². The minimum absolute atomic E-state index is 0.211. The van der Waals surface area contributed by atoms with Crippen molar-refractivity contribution >= 4 is 35.0 Å². The second-order valence-electron chi connectivity index (χ2n) is 4.55. The van der Waals surface area contributed by atoms with Crippen LogP contribution in [0.15, 0.2) is 18.2 Å². The molecule has 0 saturated heterocycles. The molecule has 1 aromatic rings. The highest BCUT2D eigenvalue weighted by Gasteiger charge is 2.24. The average Bonchev–Trinajstić information content (AvgIpc) is 2.29. The molecule has 0 bridgehead atoms. The van der Waals surface area contributed by atoms with Crippen molar-refractivity contribution in [3.05, 3.63) is 33.8 Å². The van der Waals surface area contributed by atoms with Crippen LogP contribution in [0.25, 0.3) is 0 Å². The summed E-state index contributed by atoms with van der Waals surface area (Å²) in [7, 11) is 3.58. The van der Waals surface area contributed by atoms with Gasteiger partial charge in [0.2, 0.25) is 0 Å². The van der Waals surface area contributed by atoms with E-state index in [1.54, 1.807) is 25.1 Å². The Hall–Kier alpha value is -1.10. The molecule has 1 aromatic carbocycles. The van der Waals surface area contributed by atoms with Gasteiger partial charge in [0.15, 0.2) is 5.78 Å². The van der Waals surface area contributed by atoms with Crippen LogP contribution >= 0.6 is 23.2 Å². The van der Waals surface area contributed by atoms with Crippen LogP contribution in [0.5, 0.6) is 0 Å². The van der Waals surface area contributed by atoms with E-state index in [1.165, 1.54) is 12.1 Å². The molecule has 0 heterocycles. The summed E-state index contributed by atoms with van der Waals surface area (Å²) in [5, 5.41) is 9.52. The zero-order chi connectivity index (χ0) is 14.6. The highest BCUT2D eigenvalue weighted by molar-refractivity contribution is 6.42. The molecule has 6 heteroatoms. The first-order chi connectivity index (χ1) is 8.81. The number of aliphatic carboxylic acids is 1. The Morgan fingerprint density at radius 1 is 1.26 bits per heavy atom. The lowest BCUT2D eigenvalue weighted by Gasteiger charge is -2.18. The molecule has 0 spiro atoms. The zero-order valence-electron chi connectivity index (χ0n) is 10.7. The fraction of sp³-hybridized carbons (Fsp3) is 0.385. The molecule has 0 aliphatic carbocycles. The number of benzene rings is 1. The third-order valence-electron chi connectivity index (χ3n) is 2.58. The van der Waals surface area contributed by atoms with Crippen molar-refractivity contribution in [3.63, 3.8) is 0 Å². The van der Waals surface area contributed by atoms with Crippen LogP contribution in [0.4, 0.5) is 0 Å². The number of halogens is 2. The predicted octanol–water partition coefficient (Wildman–Crippen LogP) is 2.83. The first kappa shape index (κ1) is 16.0. The van der Waals surface area contributed by atoms with Gasteiger partial charge in [-0.25, -0.2) is 0 Å². The number of rotatable bonds is 6. The third kappa shape index (κ3) is 4.82. The summed E-state index contributed by atoms with van der Waals surface area (Å²) in [5.74, 6) is -1.85. The van der Waals surface area contributed by atoms with E-state index in [9.17, 15) is 9.59 Å². The third-order valence-corrected chi connectivity index (χ3v) is 3.32. The molecule has 0 amide bonds. The predicted molar refractivity (Wildman–Crippen MR) is 75.1 cm³/mol. The fourth-order valence-corrected chi connectivity index (χ4v) is 2.07. The summed E-state index contributed by atoms with van der Waals surface area (Å²) < 4.78 is 0. The minimum Gasteiger partial charge on any atom is -0.481 e. The van der Waals surface area contributed by atoms with Crippen molar-refractivity contribution in [1.29, 1.82) is 0 Å². The number of Topliss-reactive ketones (excluding diaryl/α,β-unsaturated/α-hetero) is 1. The number of hydrogen-bond acceptors (Lipinski definition) is 3. The van der Waals surface area contributed by atoms with Gasteiger partial charge in [-0.1, -0.05) is 23.2 Å². The van der Waals surface area contributed by atoms with Crippen molar-refractivity contribution in [2.75, 3.05) is 20.6 Å². The molecule has 0 fully saturated rings. The molecular formula is C13H15Cl2NO3. The van der Waals surface area contributed by atoms with E-state index in [4.69, 9.17) is 28.3 Å². The van der Waals surface area contributed by atoms with E-state index < -0.39 is 11.9 Å². The Kier molecular flexibility index (Phi) is 5.79. The maximum Gasteiger partial charge on any atom is 0.304 e. The molecule has 104 valence electrons. The van der Waals surface area contributed by atoms with E-state index in [0.717, 1.165) is 0 Å². The lowest BCUT2D eigenvalue weighted by atomic mass is 9.94. The highest BCUT2D eigenvalue weighted by Crippen LogP contribution is 2.24. The van der Waals surface area contributed by atoms with Crippen molar-refractivity contribution in [3.8, 4) is 0 Å². The quantitative estimate of drug-likeness (QED) is 0.821. The van der Waals surface area contributed by atoms with Gasteiger partial charge in [-0.2, -0.15) is 0 Å². The van der Waals surface area contributed by atoms with Crippen LogP contribution in [0, 0.1) is 5.92 Å². The molecule has 0 aliphatic heterocycles. The minimum atomic E-state index is -1.000. The molecule has 0 radical (unpaired) electrons. The Morgan fingerprint density at radius 2 is 1.89 bits per heavy atom. The van der Waals surface area contributed by atoms with Crippen molar-refractivity contribution in [2.24, 2.45) is 5.92 Å². The second-order valence-corrected chi connectivity index (χ2v) is 5.36. The first-order valence-corrected chi connectivity index (χ1v) is 6.42. The highest BCUT2D eigenvalue weighted by atomic mass is 35.5. The van der Waals surface area contributed by atoms with Gasteiger partial charge in [-0.15, -0.1) is 0 Å². The average molecular weight is 304 g/mol. The number of carboxylic acid groups (broad SMARTS) is 1. The smallest absolute Gasteiger partial charge is 0.304 e. The molecule has 0 aromatic heterocycles. The molecule has 1 unspecified atom stereocenters. The van der Waals surface area contributed by atoms with Gasteiger partial charge in [0.05, 0.1) is 16.5 Å². The maximum absolute atomic E-state index is 12.3. The Labute approximate surface area is 121 Å². The SMILES string of the molecule is CN(C)CC(CC(=O)O)C(=O)c1ccc(Cl)c(Cl)c1. The van der Waals surface area contributed by atoms with E-state index in [1.807, 2.05) is 0 Å². The molecule has 19 heavy (non-hydrogen) atoms. The van der Waals surface area contributed by atoms with Crippen LogP contribution in [0.3, 0.4) is 0 Å². The Bertz CT molecular complexity index is 489. The van der Waals surface area contributed by atoms with Gasteiger partial charge in [0, 0.05) is 18.0 Å². The van der Waals surface area contributed by atoms with Gasteiger partial charge in [-0.05, 0) is 32.3 Å². The summed E-state index contributed by atoms with van der Waals surface area (Å²) >= 11 is 11.7. The fourth-order valence-electron chi connectivity index (χ4n) is 1.78. The van der Waals surface area contributed by atoms with Crippen LogP contribution in [0.2, 0.25) is 10.0 Å². The zero-order valence-corrected chi connectivity index (χ0v) is 12.2. The Morgan fingerprint density at radius 3 is 2.37 bits per heavy atom. The molecule has 1 rings (SSSR count). The molecule has 0 aliphatic rings. The number of hydrogen-bond donors (Lipinski definition) is 1. The first-order valence-electron chi connectivity index (χ1n) is 5.67. The van der Waals surface area contributed by atoms with Crippen LogP contribution < -0.4 is 0 Å². The molecule has 1 N–H and O–H groups in total. The molecule has 0 saturated carbocycles. The van der Waals surface area contributed by atoms with Crippen molar-refractivity contribution in [1.82, 2.24) is 4.90 Å². The molecule has 1 atom stereocenters. The van der Waals surface area contributed by atoms with Crippen LogP contribution in [-0.4, -0.2) is 42.4 Å². The normalized spacial score (nSPS) is 12.5. The number of ketones is 1. The largest absolute Gasteiger partial charge is 0.481 e. The summed E-state index contributed by atoms with van der Waals surface area (Å²) in [5.41, 5.74) is 0.377. The second kappa shape index (κ2) is 6.89. The van der Waals surface area contributed by atoms with E-state index in [0.29, 0.717) is 17.1 Å². The number of carboxylic acids is 1. The van der Waals surface area contributed by atoms with Crippen molar-refractivity contribution in [2.45, 2.75) is 6.42 Å². The van der Waals surface area contributed by atoms with Crippen LogP contribution in [-0.2, 0) is 4.79 Å². The van der Waals surface area contributed by atoms with E-state index in [-0.39, 0.29) is 17.2 Å². The summed E-state index contributed by atoms with van der Waals surface area (Å²) in [4.78, 5) is 24.9.